The fourth-order valence-corrected chi connectivity index (χ4v) is 1.68. The van der Waals surface area contributed by atoms with Gasteiger partial charge in [0, 0.05) is 12.6 Å². The summed E-state index contributed by atoms with van der Waals surface area (Å²) in [6.45, 7) is 10.0. The minimum atomic E-state index is -0.678. The summed E-state index contributed by atoms with van der Waals surface area (Å²) in [4.78, 5) is 2.39. The molecular formula is C13H30N2O. The molecule has 0 saturated carbocycles. The maximum absolute atomic E-state index is 9.75. The van der Waals surface area contributed by atoms with Crippen LogP contribution >= 0.6 is 0 Å². The van der Waals surface area contributed by atoms with Gasteiger partial charge in [-0.05, 0) is 52.6 Å². The van der Waals surface area contributed by atoms with E-state index in [0.717, 1.165) is 25.8 Å². The molecule has 0 amide bonds. The van der Waals surface area contributed by atoms with Gasteiger partial charge in [-0.1, -0.05) is 13.8 Å². The van der Waals surface area contributed by atoms with E-state index in [1.54, 1.807) is 0 Å². The van der Waals surface area contributed by atoms with E-state index >= 15 is 0 Å². The average molecular weight is 230 g/mol. The zero-order chi connectivity index (χ0) is 12.8. The molecule has 0 bridgehead atoms. The van der Waals surface area contributed by atoms with Crippen LogP contribution in [0.4, 0.5) is 0 Å². The molecule has 2 atom stereocenters. The topological polar surface area (TPSA) is 49.5 Å². The van der Waals surface area contributed by atoms with Gasteiger partial charge in [-0.2, -0.15) is 0 Å². The van der Waals surface area contributed by atoms with E-state index in [9.17, 15) is 5.11 Å². The smallest absolute Gasteiger partial charge is 0.0741 e. The van der Waals surface area contributed by atoms with Crippen LogP contribution in [0.15, 0.2) is 0 Å². The summed E-state index contributed by atoms with van der Waals surface area (Å²) in [5.74, 6) is 0.692. The maximum Gasteiger partial charge on any atom is 0.0741 e. The number of hydrogen-bond acceptors (Lipinski definition) is 3. The van der Waals surface area contributed by atoms with Gasteiger partial charge in [-0.15, -0.1) is 0 Å². The van der Waals surface area contributed by atoms with Crippen molar-refractivity contribution in [3.63, 3.8) is 0 Å². The van der Waals surface area contributed by atoms with Crippen LogP contribution in [-0.4, -0.2) is 41.8 Å². The monoisotopic (exact) mass is 230 g/mol. The molecule has 0 aromatic carbocycles. The second-order valence-corrected chi connectivity index (χ2v) is 5.62. The summed E-state index contributed by atoms with van der Waals surface area (Å²) in [5, 5.41) is 9.75. The Morgan fingerprint density at radius 1 is 1.25 bits per heavy atom. The van der Waals surface area contributed by atoms with Crippen molar-refractivity contribution in [3.8, 4) is 0 Å². The van der Waals surface area contributed by atoms with E-state index in [1.807, 2.05) is 6.92 Å². The fraction of sp³-hybridized carbons (Fsp3) is 1.00. The number of rotatable bonds is 8. The first-order valence-corrected chi connectivity index (χ1v) is 6.43. The molecule has 0 aliphatic rings. The van der Waals surface area contributed by atoms with Gasteiger partial charge in [-0.3, -0.25) is 0 Å². The Hall–Kier alpha value is -0.120. The first kappa shape index (κ1) is 15.9. The lowest BCUT2D eigenvalue weighted by atomic mass is 9.99. The van der Waals surface area contributed by atoms with Crippen molar-refractivity contribution in [2.45, 2.75) is 58.6 Å². The van der Waals surface area contributed by atoms with Gasteiger partial charge in [0.1, 0.15) is 0 Å². The molecule has 98 valence electrons. The van der Waals surface area contributed by atoms with Crippen LogP contribution in [0.2, 0.25) is 0 Å². The molecule has 0 aliphatic heterocycles. The van der Waals surface area contributed by atoms with E-state index in [4.69, 9.17) is 5.73 Å². The number of nitrogens with two attached hydrogens (primary N) is 1. The summed E-state index contributed by atoms with van der Waals surface area (Å²) in [6.07, 6.45) is 2.97. The molecular weight excluding hydrogens is 200 g/mol. The third-order valence-corrected chi connectivity index (χ3v) is 3.58. The van der Waals surface area contributed by atoms with E-state index in [2.05, 4.69) is 32.7 Å². The molecule has 2 unspecified atom stereocenters. The molecule has 0 aromatic rings. The van der Waals surface area contributed by atoms with Crippen LogP contribution in [0.5, 0.6) is 0 Å². The number of unbranched alkanes of at least 4 members (excludes halogenated alkanes) is 1. The van der Waals surface area contributed by atoms with E-state index in [1.165, 1.54) is 0 Å². The van der Waals surface area contributed by atoms with Crippen LogP contribution in [0.25, 0.3) is 0 Å². The van der Waals surface area contributed by atoms with E-state index in [0.29, 0.717) is 18.5 Å². The second-order valence-electron chi connectivity index (χ2n) is 5.62. The van der Waals surface area contributed by atoms with Gasteiger partial charge >= 0.3 is 0 Å². The summed E-state index contributed by atoms with van der Waals surface area (Å²) in [7, 11) is 2.17. The van der Waals surface area contributed by atoms with Crippen molar-refractivity contribution >= 4 is 0 Å². The Morgan fingerprint density at radius 2 is 1.81 bits per heavy atom. The van der Waals surface area contributed by atoms with Gasteiger partial charge in [0.05, 0.1) is 5.60 Å². The van der Waals surface area contributed by atoms with Gasteiger partial charge in [0.2, 0.25) is 0 Å². The predicted molar refractivity (Wildman–Crippen MR) is 70.5 cm³/mol. The van der Waals surface area contributed by atoms with Crippen LogP contribution in [0.3, 0.4) is 0 Å². The van der Waals surface area contributed by atoms with Gasteiger partial charge in [-0.25, -0.2) is 0 Å². The highest BCUT2D eigenvalue weighted by molar-refractivity contribution is 4.73. The van der Waals surface area contributed by atoms with Gasteiger partial charge in [0.25, 0.3) is 0 Å². The Balaban J connectivity index is 3.67. The van der Waals surface area contributed by atoms with Crippen molar-refractivity contribution in [2.75, 3.05) is 20.1 Å². The van der Waals surface area contributed by atoms with Crippen LogP contribution in [0.1, 0.15) is 47.0 Å². The van der Waals surface area contributed by atoms with Crippen molar-refractivity contribution < 1.29 is 5.11 Å². The number of hydrogen-bond donors (Lipinski definition) is 2. The largest absolute Gasteiger partial charge is 0.389 e. The average Bonchev–Trinajstić information content (AvgIpc) is 2.22. The lowest BCUT2D eigenvalue weighted by molar-refractivity contribution is 0.0560. The third kappa shape index (κ3) is 6.46. The molecule has 16 heavy (non-hydrogen) atoms. The predicted octanol–water partition coefficient (Wildman–Crippen LogP) is 1.84. The maximum atomic E-state index is 9.75. The van der Waals surface area contributed by atoms with Crippen molar-refractivity contribution in [3.05, 3.63) is 0 Å². The zero-order valence-electron chi connectivity index (χ0n) is 11.7. The van der Waals surface area contributed by atoms with E-state index in [-0.39, 0.29) is 0 Å². The molecule has 0 spiro atoms. The molecule has 3 N–H and O–H groups in total. The third-order valence-electron chi connectivity index (χ3n) is 3.58. The molecule has 0 rings (SSSR count). The van der Waals surface area contributed by atoms with Crippen LogP contribution in [0, 0.1) is 5.92 Å². The van der Waals surface area contributed by atoms with Crippen molar-refractivity contribution in [1.82, 2.24) is 4.90 Å². The minimum absolute atomic E-state index is 0.352. The fourth-order valence-electron chi connectivity index (χ4n) is 1.68. The molecule has 0 aromatic heterocycles. The molecule has 3 heteroatoms. The summed E-state index contributed by atoms with van der Waals surface area (Å²) < 4.78 is 0. The lowest BCUT2D eigenvalue weighted by Crippen LogP contribution is -2.35. The van der Waals surface area contributed by atoms with Crippen molar-refractivity contribution in [2.24, 2.45) is 11.7 Å². The summed E-state index contributed by atoms with van der Waals surface area (Å²) in [6, 6.07) is 0.620. The summed E-state index contributed by atoms with van der Waals surface area (Å²) in [5.41, 5.74) is 4.80. The van der Waals surface area contributed by atoms with Gasteiger partial charge in [0.15, 0.2) is 0 Å². The Labute approximate surface area is 101 Å². The lowest BCUT2D eigenvalue weighted by Gasteiger charge is -2.28. The standard InChI is InChI=1S/C13H30N2O/c1-11(2)12(3)15(5)9-7-6-8-13(4,16)10-14/h11-12,16H,6-10,14H2,1-5H3. The Morgan fingerprint density at radius 3 is 2.25 bits per heavy atom. The molecule has 0 saturated heterocycles. The highest BCUT2D eigenvalue weighted by Crippen LogP contribution is 2.13. The number of nitrogens with zero attached hydrogens (tertiary/aromatic N) is 1. The highest BCUT2D eigenvalue weighted by Gasteiger charge is 2.17. The molecule has 0 fully saturated rings. The molecule has 0 aliphatic carbocycles. The van der Waals surface area contributed by atoms with Crippen LogP contribution < -0.4 is 5.73 Å². The van der Waals surface area contributed by atoms with Crippen LogP contribution in [-0.2, 0) is 0 Å². The first-order valence-electron chi connectivity index (χ1n) is 6.43. The Bertz CT molecular complexity index is 181. The normalized spacial score (nSPS) is 17.8. The molecule has 0 heterocycles. The second kappa shape index (κ2) is 7.25. The van der Waals surface area contributed by atoms with Gasteiger partial charge < -0.3 is 15.7 Å². The zero-order valence-corrected chi connectivity index (χ0v) is 11.7. The van der Waals surface area contributed by atoms with Crippen molar-refractivity contribution in [1.29, 1.82) is 0 Å². The quantitative estimate of drug-likeness (QED) is 0.626. The summed E-state index contributed by atoms with van der Waals surface area (Å²) >= 11 is 0. The number of aliphatic hydroxyl groups is 1. The molecule has 0 radical (unpaired) electrons. The van der Waals surface area contributed by atoms with E-state index < -0.39 is 5.60 Å². The first-order chi connectivity index (χ1) is 7.30. The molecule has 3 nitrogen and oxygen atoms in total. The highest BCUT2D eigenvalue weighted by atomic mass is 16.3. The Kier molecular flexibility index (Phi) is 7.20. The SMILES string of the molecule is CC(C)C(C)N(C)CCCCC(C)(O)CN. The minimum Gasteiger partial charge on any atom is -0.389 e.